The molecule has 0 saturated carbocycles. The fourth-order valence-electron chi connectivity index (χ4n) is 1.68. The van der Waals surface area contributed by atoms with Crippen LogP contribution >= 0.6 is 11.8 Å². The Morgan fingerprint density at radius 2 is 2.15 bits per heavy atom. The van der Waals surface area contributed by atoms with E-state index in [-0.39, 0.29) is 5.91 Å². The van der Waals surface area contributed by atoms with Gasteiger partial charge < -0.3 is 5.32 Å². The Kier molecular flexibility index (Phi) is 4.95. The SMILES string of the molecule is C=CCNC(=O)CSc1nnc(C)n1-c1ccccc1. The molecule has 0 bridgehead atoms. The predicted molar refractivity (Wildman–Crippen MR) is 80.0 cm³/mol. The summed E-state index contributed by atoms with van der Waals surface area (Å²) in [5.41, 5.74) is 0.990. The highest BCUT2D eigenvalue weighted by atomic mass is 32.2. The third-order valence-corrected chi connectivity index (χ3v) is 3.51. The van der Waals surface area contributed by atoms with Crippen molar-refractivity contribution >= 4 is 17.7 Å². The monoisotopic (exact) mass is 288 g/mol. The molecule has 1 N–H and O–H groups in total. The summed E-state index contributed by atoms with van der Waals surface area (Å²) in [6.45, 7) is 5.93. The molecule has 1 aromatic carbocycles. The van der Waals surface area contributed by atoms with E-state index in [1.165, 1.54) is 11.8 Å². The third kappa shape index (κ3) is 3.48. The number of aromatic nitrogens is 3. The van der Waals surface area contributed by atoms with E-state index in [0.29, 0.717) is 17.5 Å². The highest BCUT2D eigenvalue weighted by Crippen LogP contribution is 2.21. The van der Waals surface area contributed by atoms with Crippen LogP contribution in [-0.2, 0) is 4.79 Å². The van der Waals surface area contributed by atoms with Crippen molar-refractivity contribution in [2.24, 2.45) is 0 Å². The van der Waals surface area contributed by atoms with Crippen LogP contribution in [0.25, 0.3) is 5.69 Å². The fraction of sp³-hybridized carbons (Fsp3) is 0.214. The van der Waals surface area contributed by atoms with Gasteiger partial charge in [-0.05, 0) is 19.1 Å². The van der Waals surface area contributed by atoms with Crippen LogP contribution in [0.5, 0.6) is 0 Å². The number of carbonyl (C=O) groups excluding carboxylic acids is 1. The predicted octanol–water partition coefficient (Wildman–Crippen LogP) is 1.97. The van der Waals surface area contributed by atoms with E-state index in [1.807, 2.05) is 41.8 Å². The molecule has 0 fully saturated rings. The van der Waals surface area contributed by atoms with Gasteiger partial charge in [0.15, 0.2) is 5.16 Å². The van der Waals surface area contributed by atoms with Crippen molar-refractivity contribution in [2.45, 2.75) is 12.1 Å². The number of nitrogens with zero attached hydrogens (tertiary/aromatic N) is 3. The molecule has 1 amide bonds. The number of rotatable bonds is 6. The maximum Gasteiger partial charge on any atom is 0.230 e. The van der Waals surface area contributed by atoms with Crippen LogP contribution in [0, 0.1) is 6.92 Å². The van der Waals surface area contributed by atoms with Gasteiger partial charge in [-0.2, -0.15) is 0 Å². The number of hydrogen-bond donors (Lipinski definition) is 1. The molecule has 0 spiro atoms. The van der Waals surface area contributed by atoms with E-state index in [4.69, 9.17) is 0 Å². The molecule has 0 aliphatic heterocycles. The van der Waals surface area contributed by atoms with Gasteiger partial charge >= 0.3 is 0 Å². The van der Waals surface area contributed by atoms with Gasteiger partial charge in [0, 0.05) is 12.2 Å². The van der Waals surface area contributed by atoms with Crippen molar-refractivity contribution < 1.29 is 4.79 Å². The minimum atomic E-state index is -0.0461. The van der Waals surface area contributed by atoms with Gasteiger partial charge in [-0.25, -0.2) is 0 Å². The molecule has 0 aliphatic rings. The average Bonchev–Trinajstić information content (AvgIpc) is 2.84. The fourth-order valence-corrected chi connectivity index (χ4v) is 2.51. The molecule has 0 saturated heterocycles. The Morgan fingerprint density at radius 1 is 1.40 bits per heavy atom. The zero-order valence-electron chi connectivity index (χ0n) is 11.2. The first-order valence-electron chi connectivity index (χ1n) is 6.20. The zero-order chi connectivity index (χ0) is 14.4. The van der Waals surface area contributed by atoms with Gasteiger partial charge in [0.2, 0.25) is 5.91 Å². The van der Waals surface area contributed by atoms with E-state index in [0.717, 1.165) is 11.5 Å². The van der Waals surface area contributed by atoms with Crippen LogP contribution in [0.15, 0.2) is 48.1 Å². The molecule has 5 nitrogen and oxygen atoms in total. The topological polar surface area (TPSA) is 59.8 Å². The molecule has 0 atom stereocenters. The van der Waals surface area contributed by atoms with Crippen molar-refractivity contribution in [1.82, 2.24) is 20.1 Å². The number of amides is 1. The molecule has 104 valence electrons. The number of aryl methyl sites for hydroxylation is 1. The summed E-state index contributed by atoms with van der Waals surface area (Å²) in [5, 5.41) is 11.6. The molecular weight excluding hydrogens is 272 g/mol. The van der Waals surface area contributed by atoms with Crippen molar-refractivity contribution in [1.29, 1.82) is 0 Å². The first kappa shape index (κ1) is 14.3. The first-order chi connectivity index (χ1) is 9.72. The second-order valence-corrected chi connectivity index (χ2v) is 5.02. The second-order valence-electron chi connectivity index (χ2n) is 4.08. The van der Waals surface area contributed by atoms with E-state index in [2.05, 4.69) is 22.1 Å². The summed E-state index contributed by atoms with van der Waals surface area (Å²) in [6, 6.07) is 9.84. The largest absolute Gasteiger partial charge is 0.352 e. The van der Waals surface area contributed by atoms with Gasteiger partial charge in [-0.1, -0.05) is 36.0 Å². The molecule has 6 heteroatoms. The summed E-state index contributed by atoms with van der Waals surface area (Å²) in [5.74, 6) is 1.05. The number of nitrogens with one attached hydrogen (secondary N) is 1. The highest BCUT2D eigenvalue weighted by molar-refractivity contribution is 7.99. The van der Waals surface area contributed by atoms with Gasteiger partial charge in [-0.15, -0.1) is 16.8 Å². The molecule has 2 rings (SSSR count). The summed E-state index contributed by atoms with van der Waals surface area (Å²) in [7, 11) is 0. The Morgan fingerprint density at radius 3 is 2.85 bits per heavy atom. The normalized spacial score (nSPS) is 10.2. The number of benzene rings is 1. The average molecular weight is 288 g/mol. The Hall–Kier alpha value is -2.08. The molecule has 1 aromatic heterocycles. The zero-order valence-corrected chi connectivity index (χ0v) is 12.1. The smallest absolute Gasteiger partial charge is 0.230 e. The molecule has 1 heterocycles. The molecule has 0 unspecified atom stereocenters. The van der Waals surface area contributed by atoms with Gasteiger partial charge in [0.25, 0.3) is 0 Å². The maximum atomic E-state index is 11.6. The van der Waals surface area contributed by atoms with Crippen molar-refractivity contribution in [3.8, 4) is 5.69 Å². The van der Waals surface area contributed by atoms with Crippen LogP contribution in [0.1, 0.15) is 5.82 Å². The summed E-state index contributed by atoms with van der Waals surface area (Å²) in [4.78, 5) is 11.6. The van der Waals surface area contributed by atoms with Crippen molar-refractivity contribution in [2.75, 3.05) is 12.3 Å². The third-order valence-electron chi connectivity index (χ3n) is 2.59. The Balaban J connectivity index is 2.10. The number of thioether (sulfide) groups is 1. The number of carbonyl (C=O) groups is 1. The van der Waals surface area contributed by atoms with Gasteiger partial charge in [-0.3, -0.25) is 9.36 Å². The van der Waals surface area contributed by atoms with Crippen LogP contribution in [0.3, 0.4) is 0 Å². The van der Waals surface area contributed by atoms with Crippen molar-refractivity contribution in [3.63, 3.8) is 0 Å². The van der Waals surface area contributed by atoms with E-state index >= 15 is 0 Å². The van der Waals surface area contributed by atoms with E-state index in [1.54, 1.807) is 6.08 Å². The van der Waals surface area contributed by atoms with E-state index in [9.17, 15) is 4.79 Å². The van der Waals surface area contributed by atoms with Crippen molar-refractivity contribution in [3.05, 3.63) is 48.8 Å². The number of para-hydroxylation sites is 1. The molecule has 2 aromatic rings. The lowest BCUT2D eigenvalue weighted by molar-refractivity contribution is -0.118. The standard InChI is InChI=1S/C14H16N4OS/c1-3-9-15-13(19)10-20-14-17-16-11(2)18(14)12-7-5-4-6-8-12/h3-8H,1,9-10H2,2H3,(H,15,19). The number of hydrogen-bond acceptors (Lipinski definition) is 4. The minimum Gasteiger partial charge on any atom is -0.352 e. The molecular formula is C14H16N4OS. The lowest BCUT2D eigenvalue weighted by atomic mass is 10.3. The lowest BCUT2D eigenvalue weighted by Crippen LogP contribution is -2.25. The highest BCUT2D eigenvalue weighted by Gasteiger charge is 2.12. The Labute approximate surface area is 122 Å². The Bertz CT molecular complexity index is 594. The van der Waals surface area contributed by atoms with Gasteiger partial charge in [0.05, 0.1) is 5.75 Å². The van der Waals surface area contributed by atoms with Crippen LogP contribution in [0.4, 0.5) is 0 Å². The summed E-state index contributed by atoms with van der Waals surface area (Å²) >= 11 is 1.36. The maximum absolute atomic E-state index is 11.6. The summed E-state index contributed by atoms with van der Waals surface area (Å²) < 4.78 is 1.94. The van der Waals surface area contributed by atoms with Crippen LogP contribution in [-0.4, -0.2) is 33.0 Å². The van der Waals surface area contributed by atoms with Crippen LogP contribution < -0.4 is 5.32 Å². The summed E-state index contributed by atoms with van der Waals surface area (Å²) in [6.07, 6.45) is 1.65. The quantitative estimate of drug-likeness (QED) is 0.652. The first-order valence-corrected chi connectivity index (χ1v) is 7.18. The van der Waals surface area contributed by atoms with Crippen LogP contribution in [0.2, 0.25) is 0 Å². The molecule has 20 heavy (non-hydrogen) atoms. The minimum absolute atomic E-state index is 0.0461. The molecule has 0 aliphatic carbocycles. The van der Waals surface area contributed by atoms with Gasteiger partial charge in [0.1, 0.15) is 5.82 Å². The second kappa shape index (κ2) is 6.91. The lowest BCUT2D eigenvalue weighted by Gasteiger charge is -2.07. The molecule has 0 radical (unpaired) electrons. The van der Waals surface area contributed by atoms with E-state index < -0.39 is 0 Å².